The Kier molecular flexibility index (Phi) is 4.94. The van der Waals surface area contributed by atoms with E-state index in [0.717, 1.165) is 0 Å². The molecule has 1 unspecified atom stereocenters. The van der Waals surface area contributed by atoms with Crippen LogP contribution in [0.1, 0.15) is 13.3 Å². The van der Waals surface area contributed by atoms with Gasteiger partial charge in [0.2, 0.25) is 0 Å². The van der Waals surface area contributed by atoms with E-state index in [-0.39, 0.29) is 18.3 Å². The molecule has 1 aromatic carbocycles. The Morgan fingerprint density at radius 3 is 2.86 bits per heavy atom. The van der Waals surface area contributed by atoms with Gasteiger partial charge in [0.05, 0.1) is 24.6 Å². The molecule has 0 aliphatic carbocycles. The van der Waals surface area contributed by atoms with Crippen LogP contribution in [-0.2, 0) is 0 Å². The topological polar surface area (TPSA) is 74.5 Å². The molecule has 0 saturated carbocycles. The normalized spacial score (nSPS) is 12.0. The number of amides is 2. The molecule has 0 aliphatic heterocycles. The van der Waals surface area contributed by atoms with E-state index in [9.17, 15) is 9.18 Å². The van der Waals surface area contributed by atoms with Crippen LogP contribution in [0.3, 0.4) is 0 Å². The van der Waals surface area contributed by atoms with Gasteiger partial charge in [-0.25, -0.2) is 9.18 Å². The van der Waals surface area contributed by atoms with E-state index in [2.05, 4.69) is 10.6 Å². The Morgan fingerprint density at radius 2 is 2.24 bits per heavy atom. The molecule has 3 N–H and O–H groups in total. The average Bonchev–Trinajstić information content (AvgIpc) is 3.01. The smallest absolute Gasteiger partial charge is 0.319 e. The highest BCUT2D eigenvalue weighted by molar-refractivity contribution is 5.90. The fourth-order valence-electron chi connectivity index (χ4n) is 1.84. The van der Waals surface area contributed by atoms with E-state index >= 15 is 0 Å². The van der Waals surface area contributed by atoms with Gasteiger partial charge < -0.3 is 20.2 Å². The van der Waals surface area contributed by atoms with Crippen molar-refractivity contribution in [1.29, 1.82) is 0 Å². The number of aliphatic hydroxyl groups excluding tert-OH is 1. The van der Waals surface area contributed by atoms with Gasteiger partial charge in [0.15, 0.2) is 0 Å². The first-order chi connectivity index (χ1) is 10.1. The summed E-state index contributed by atoms with van der Waals surface area (Å²) in [5, 5.41) is 14.0. The fourth-order valence-corrected chi connectivity index (χ4v) is 1.84. The van der Waals surface area contributed by atoms with Crippen LogP contribution < -0.4 is 10.6 Å². The summed E-state index contributed by atoms with van der Waals surface area (Å²) >= 11 is 0. The van der Waals surface area contributed by atoms with Crippen LogP contribution in [0.4, 0.5) is 14.9 Å². The van der Waals surface area contributed by atoms with E-state index in [4.69, 9.17) is 9.52 Å². The summed E-state index contributed by atoms with van der Waals surface area (Å²) in [6, 6.07) is 6.87. The summed E-state index contributed by atoms with van der Waals surface area (Å²) in [5.74, 6) is 0.0396. The largest absolute Gasteiger partial charge is 0.464 e. The van der Waals surface area contributed by atoms with Crippen LogP contribution in [0.15, 0.2) is 41.0 Å². The van der Waals surface area contributed by atoms with Gasteiger partial charge >= 0.3 is 6.03 Å². The minimum atomic E-state index is -0.564. The third-order valence-corrected chi connectivity index (χ3v) is 3.07. The number of rotatable bonds is 5. The summed E-state index contributed by atoms with van der Waals surface area (Å²) in [7, 11) is 0. The van der Waals surface area contributed by atoms with Gasteiger partial charge in [-0.3, -0.25) is 0 Å². The molecule has 0 fully saturated rings. The molecule has 0 radical (unpaired) electrons. The zero-order valence-electron chi connectivity index (χ0n) is 11.6. The maximum atomic E-state index is 13.8. The number of carbonyl (C=O) groups is 1. The first kappa shape index (κ1) is 15.1. The summed E-state index contributed by atoms with van der Waals surface area (Å²) in [5.41, 5.74) is 0.708. The van der Waals surface area contributed by atoms with E-state index < -0.39 is 11.8 Å². The van der Waals surface area contributed by atoms with Crippen molar-refractivity contribution < 1.29 is 18.7 Å². The van der Waals surface area contributed by atoms with Crippen molar-refractivity contribution in [3.05, 3.63) is 42.4 Å². The molecule has 21 heavy (non-hydrogen) atoms. The second-order valence-corrected chi connectivity index (χ2v) is 4.56. The monoisotopic (exact) mass is 292 g/mol. The first-order valence-corrected chi connectivity index (χ1v) is 6.65. The molecule has 1 aromatic heterocycles. The van der Waals surface area contributed by atoms with Crippen molar-refractivity contribution in [3.8, 4) is 11.3 Å². The van der Waals surface area contributed by atoms with E-state index in [0.29, 0.717) is 17.7 Å². The molecule has 0 aliphatic rings. The quantitative estimate of drug-likeness (QED) is 0.793. The van der Waals surface area contributed by atoms with Crippen molar-refractivity contribution in [1.82, 2.24) is 5.32 Å². The Morgan fingerprint density at radius 1 is 1.43 bits per heavy atom. The highest BCUT2D eigenvalue weighted by atomic mass is 19.1. The van der Waals surface area contributed by atoms with Crippen LogP contribution in [-0.4, -0.2) is 23.8 Å². The Hall–Kier alpha value is -2.34. The molecule has 2 aromatic rings. The Balaban J connectivity index is 2.12. The third-order valence-electron chi connectivity index (χ3n) is 3.07. The van der Waals surface area contributed by atoms with Crippen molar-refractivity contribution in [3.63, 3.8) is 0 Å². The van der Waals surface area contributed by atoms with Crippen molar-refractivity contribution in [2.45, 2.75) is 19.4 Å². The fraction of sp³-hybridized carbons (Fsp3) is 0.267. The predicted molar refractivity (Wildman–Crippen MR) is 77.4 cm³/mol. The maximum absolute atomic E-state index is 13.8. The molecule has 5 nitrogen and oxygen atoms in total. The molecule has 0 bridgehead atoms. The standard InChI is InChI=1S/C15H17FN2O3/c1-2-11(9-19)17-15(20)18-13-8-10(5-6-12(13)16)14-4-3-7-21-14/h3-8,11,19H,2,9H2,1H3,(H2,17,18,20). The number of hydrogen-bond donors (Lipinski definition) is 3. The van der Waals surface area contributed by atoms with E-state index in [1.807, 2.05) is 6.92 Å². The number of aliphatic hydroxyl groups is 1. The number of benzene rings is 1. The molecule has 1 heterocycles. The number of urea groups is 1. The van der Waals surface area contributed by atoms with Crippen molar-refractivity contribution >= 4 is 11.7 Å². The number of hydrogen-bond acceptors (Lipinski definition) is 3. The summed E-state index contributed by atoms with van der Waals surface area (Å²) < 4.78 is 19.0. The molecular weight excluding hydrogens is 275 g/mol. The molecule has 6 heteroatoms. The van der Waals surface area contributed by atoms with Crippen LogP contribution in [0, 0.1) is 5.82 Å². The Bertz CT molecular complexity index is 595. The average molecular weight is 292 g/mol. The number of carbonyl (C=O) groups excluding carboxylic acids is 1. The first-order valence-electron chi connectivity index (χ1n) is 6.65. The Labute approximate surface area is 121 Å². The summed E-state index contributed by atoms with van der Waals surface area (Å²) in [4.78, 5) is 11.8. The lowest BCUT2D eigenvalue weighted by Gasteiger charge is -2.15. The van der Waals surface area contributed by atoms with Gasteiger partial charge in [0, 0.05) is 5.56 Å². The lowest BCUT2D eigenvalue weighted by molar-refractivity contribution is 0.222. The molecular formula is C15H17FN2O3. The number of furan rings is 1. The minimum Gasteiger partial charge on any atom is -0.464 e. The molecule has 1 atom stereocenters. The van der Waals surface area contributed by atoms with Gasteiger partial charge in [-0.1, -0.05) is 6.92 Å². The van der Waals surface area contributed by atoms with Crippen LogP contribution in [0.5, 0.6) is 0 Å². The van der Waals surface area contributed by atoms with Crippen molar-refractivity contribution in [2.75, 3.05) is 11.9 Å². The zero-order chi connectivity index (χ0) is 15.2. The molecule has 2 amide bonds. The van der Waals surface area contributed by atoms with Crippen LogP contribution in [0.25, 0.3) is 11.3 Å². The second-order valence-electron chi connectivity index (χ2n) is 4.56. The van der Waals surface area contributed by atoms with Crippen molar-refractivity contribution in [2.24, 2.45) is 0 Å². The molecule has 112 valence electrons. The number of nitrogens with one attached hydrogen (secondary N) is 2. The van der Waals surface area contributed by atoms with Crippen LogP contribution >= 0.6 is 0 Å². The summed E-state index contributed by atoms with van der Waals surface area (Å²) in [6.07, 6.45) is 2.10. The van der Waals surface area contributed by atoms with Gasteiger partial charge in [-0.05, 0) is 36.8 Å². The number of anilines is 1. The highest BCUT2D eigenvalue weighted by Crippen LogP contribution is 2.25. The molecule has 2 rings (SSSR count). The van der Waals surface area contributed by atoms with E-state index in [1.54, 1.807) is 18.2 Å². The highest BCUT2D eigenvalue weighted by Gasteiger charge is 2.12. The summed E-state index contributed by atoms with van der Waals surface area (Å²) in [6.45, 7) is 1.66. The van der Waals surface area contributed by atoms with Crippen LogP contribution in [0.2, 0.25) is 0 Å². The lowest BCUT2D eigenvalue weighted by Crippen LogP contribution is -2.39. The third kappa shape index (κ3) is 3.82. The van der Waals surface area contributed by atoms with E-state index in [1.165, 1.54) is 18.4 Å². The second kappa shape index (κ2) is 6.90. The minimum absolute atomic E-state index is 0.0502. The SMILES string of the molecule is CCC(CO)NC(=O)Nc1cc(-c2ccco2)ccc1F. The van der Waals surface area contributed by atoms with Gasteiger partial charge in [0.25, 0.3) is 0 Å². The number of halogens is 1. The van der Waals surface area contributed by atoms with Gasteiger partial charge in [-0.15, -0.1) is 0 Å². The molecule has 0 spiro atoms. The predicted octanol–water partition coefficient (Wildman–Crippen LogP) is 2.98. The van der Waals surface area contributed by atoms with Gasteiger partial charge in [0.1, 0.15) is 11.6 Å². The lowest BCUT2D eigenvalue weighted by atomic mass is 10.1. The maximum Gasteiger partial charge on any atom is 0.319 e. The molecule has 0 saturated heterocycles. The van der Waals surface area contributed by atoms with Gasteiger partial charge in [-0.2, -0.15) is 0 Å². The zero-order valence-corrected chi connectivity index (χ0v) is 11.6.